The standard InChI is InChI=1S/C17H24N6OS/c1-11(2)9-13-21-22-16(25-13)23-6-4-17(5-7-23)14-12(3-8-24-17)10-19-15(18)20-14/h10-11H,3-9H2,1-2H3,(H2,18,19,20). The third kappa shape index (κ3) is 3.20. The maximum Gasteiger partial charge on any atom is 0.220 e. The largest absolute Gasteiger partial charge is 0.368 e. The van der Waals surface area contributed by atoms with Gasteiger partial charge in [0.15, 0.2) is 0 Å². The van der Waals surface area contributed by atoms with Crippen molar-refractivity contribution in [1.82, 2.24) is 20.2 Å². The number of hydrogen-bond acceptors (Lipinski definition) is 8. The van der Waals surface area contributed by atoms with Crippen LogP contribution in [0.4, 0.5) is 11.1 Å². The first-order valence-corrected chi connectivity index (χ1v) is 9.70. The Hall–Kier alpha value is -1.80. The number of hydrogen-bond donors (Lipinski definition) is 1. The predicted octanol–water partition coefficient (Wildman–Crippen LogP) is 2.18. The van der Waals surface area contributed by atoms with E-state index in [0.29, 0.717) is 11.9 Å². The summed E-state index contributed by atoms with van der Waals surface area (Å²) in [6.45, 7) is 6.91. The van der Waals surface area contributed by atoms with Gasteiger partial charge in [0.05, 0.1) is 12.3 Å². The minimum atomic E-state index is -0.327. The van der Waals surface area contributed by atoms with Crippen molar-refractivity contribution in [3.05, 3.63) is 22.5 Å². The molecular weight excluding hydrogens is 336 g/mol. The first-order chi connectivity index (χ1) is 12.1. The minimum Gasteiger partial charge on any atom is -0.368 e. The Labute approximate surface area is 151 Å². The molecule has 1 saturated heterocycles. The Morgan fingerprint density at radius 1 is 1.32 bits per heavy atom. The van der Waals surface area contributed by atoms with E-state index in [1.807, 2.05) is 6.20 Å². The molecule has 25 heavy (non-hydrogen) atoms. The lowest BCUT2D eigenvalue weighted by Crippen LogP contribution is -2.47. The number of fused-ring (bicyclic) bond motifs is 2. The monoisotopic (exact) mass is 360 g/mol. The topological polar surface area (TPSA) is 90.0 Å². The van der Waals surface area contributed by atoms with Gasteiger partial charge in [0, 0.05) is 25.7 Å². The fourth-order valence-electron chi connectivity index (χ4n) is 3.67. The smallest absolute Gasteiger partial charge is 0.220 e. The minimum absolute atomic E-state index is 0.327. The number of ether oxygens (including phenoxy) is 1. The molecular formula is C17H24N6OS. The van der Waals surface area contributed by atoms with Crippen molar-refractivity contribution in [3.63, 3.8) is 0 Å². The van der Waals surface area contributed by atoms with Gasteiger partial charge in [-0.3, -0.25) is 0 Å². The van der Waals surface area contributed by atoms with Gasteiger partial charge in [-0.25, -0.2) is 9.97 Å². The summed E-state index contributed by atoms with van der Waals surface area (Å²) >= 11 is 1.71. The predicted molar refractivity (Wildman–Crippen MR) is 97.7 cm³/mol. The van der Waals surface area contributed by atoms with E-state index in [2.05, 4.69) is 38.9 Å². The molecule has 0 atom stereocenters. The van der Waals surface area contributed by atoms with E-state index in [4.69, 9.17) is 10.5 Å². The van der Waals surface area contributed by atoms with Crippen molar-refractivity contribution >= 4 is 22.4 Å². The summed E-state index contributed by atoms with van der Waals surface area (Å²) in [7, 11) is 0. The SMILES string of the molecule is CC(C)Cc1nnc(N2CCC3(CC2)OCCc2cnc(N)nc23)s1. The highest BCUT2D eigenvalue weighted by atomic mass is 32.1. The van der Waals surface area contributed by atoms with Gasteiger partial charge in [0.1, 0.15) is 10.6 Å². The molecule has 0 bridgehead atoms. The molecule has 2 aliphatic rings. The summed E-state index contributed by atoms with van der Waals surface area (Å²) in [6, 6.07) is 0. The van der Waals surface area contributed by atoms with Crippen molar-refractivity contribution in [2.45, 2.75) is 45.1 Å². The van der Waals surface area contributed by atoms with Crippen LogP contribution < -0.4 is 10.6 Å². The number of nitrogens with two attached hydrogens (primary N) is 1. The molecule has 4 heterocycles. The number of nitrogens with zero attached hydrogens (tertiary/aromatic N) is 5. The molecule has 0 amide bonds. The fraction of sp³-hybridized carbons (Fsp3) is 0.647. The highest BCUT2D eigenvalue weighted by molar-refractivity contribution is 7.15. The zero-order chi connectivity index (χ0) is 17.4. The lowest BCUT2D eigenvalue weighted by Gasteiger charge is -2.43. The molecule has 2 aromatic heterocycles. The van der Waals surface area contributed by atoms with Crippen LogP contribution in [0.5, 0.6) is 0 Å². The normalized spacial score (nSPS) is 19.4. The number of piperidine rings is 1. The zero-order valence-corrected chi connectivity index (χ0v) is 15.6. The molecule has 2 aromatic rings. The Morgan fingerprint density at radius 2 is 2.12 bits per heavy atom. The van der Waals surface area contributed by atoms with Crippen LogP contribution in [0, 0.1) is 5.92 Å². The van der Waals surface area contributed by atoms with Crippen LogP contribution in [0.25, 0.3) is 0 Å². The summed E-state index contributed by atoms with van der Waals surface area (Å²) in [6.07, 6.45) is 5.47. The first kappa shape index (κ1) is 16.7. The Morgan fingerprint density at radius 3 is 2.88 bits per heavy atom. The second kappa shape index (κ2) is 6.49. The maximum absolute atomic E-state index is 6.22. The molecule has 1 fully saturated rings. The number of rotatable bonds is 3. The van der Waals surface area contributed by atoms with Gasteiger partial charge >= 0.3 is 0 Å². The van der Waals surface area contributed by atoms with E-state index >= 15 is 0 Å². The van der Waals surface area contributed by atoms with E-state index in [-0.39, 0.29) is 5.60 Å². The van der Waals surface area contributed by atoms with E-state index < -0.39 is 0 Å². The van der Waals surface area contributed by atoms with Gasteiger partial charge in [-0.1, -0.05) is 25.2 Å². The number of nitrogen functional groups attached to an aromatic ring is 1. The van der Waals surface area contributed by atoms with Crippen molar-refractivity contribution in [2.75, 3.05) is 30.3 Å². The number of anilines is 2. The Bertz CT molecular complexity index is 753. The third-order valence-corrected chi connectivity index (χ3v) is 5.95. The summed E-state index contributed by atoms with van der Waals surface area (Å²) < 4.78 is 6.22. The maximum atomic E-state index is 6.22. The van der Waals surface area contributed by atoms with Gasteiger partial charge in [-0.2, -0.15) is 0 Å². The molecule has 0 unspecified atom stereocenters. The van der Waals surface area contributed by atoms with Gasteiger partial charge < -0.3 is 15.4 Å². The molecule has 0 radical (unpaired) electrons. The molecule has 7 nitrogen and oxygen atoms in total. The van der Waals surface area contributed by atoms with Gasteiger partial charge in [0.2, 0.25) is 11.1 Å². The second-order valence-electron chi connectivity index (χ2n) is 7.26. The van der Waals surface area contributed by atoms with E-state index in [1.54, 1.807) is 11.3 Å². The molecule has 0 aromatic carbocycles. The molecule has 1 spiro atoms. The van der Waals surface area contributed by atoms with Crippen LogP contribution in [0.1, 0.15) is 43.0 Å². The highest BCUT2D eigenvalue weighted by Gasteiger charge is 2.43. The van der Waals surface area contributed by atoms with Gasteiger partial charge in [-0.15, -0.1) is 10.2 Å². The van der Waals surface area contributed by atoms with Crippen molar-refractivity contribution in [3.8, 4) is 0 Å². The number of aromatic nitrogens is 4. The van der Waals surface area contributed by atoms with Crippen LogP contribution in [0.3, 0.4) is 0 Å². The van der Waals surface area contributed by atoms with Crippen LogP contribution in [-0.4, -0.2) is 39.9 Å². The van der Waals surface area contributed by atoms with Crippen molar-refractivity contribution in [1.29, 1.82) is 0 Å². The Balaban J connectivity index is 1.50. The van der Waals surface area contributed by atoms with Gasteiger partial charge in [-0.05, 0) is 30.7 Å². The van der Waals surface area contributed by atoms with Crippen LogP contribution in [0.15, 0.2) is 6.20 Å². The van der Waals surface area contributed by atoms with Crippen LogP contribution >= 0.6 is 11.3 Å². The van der Waals surface area contributed by atoms with Crippen LogP contribution in [0.2, 0.25) is 0 Å². The zero-order valence-electron chi connectivity index (χ0n) is 14.7. The lowest BCUT2D eigenvalue weighted by atomic mass is 9.83. The lowest BCUT2D eigenvalue weighted by molar-refractivity contribution is -0.0800. The Kier molecular flexibility index (Phi) is 4.33. The van der Waals surface area contributed by atoms with E-state index in [1.165, 1.54) is 5.56 Å². The molecule has 134 valence electrons. The van der Waals surface area contributed by atoms with E-state index in [9.17, 15) is 0 Å². The average molecular weight is 360 g/mol. The summed E-state index contributed by atoms with van der Waals surface area (Å²) in [5, 5.41) is 10.9. The summed E-state index contributed by atoms with van der Waals surface area (Å²) in [4.78, 5) is 11.0. The highest BCUT2D eigenvalue weighted by Crippen LogP contribution is 2.41. The quantitative estimate of drug-likeness (QED) is 0.897. The third-order valence-electron chi connectivity index (χ3n) is 4.95. The fourth-order valence-corrected chi connectivity index (χ4v) is 4.77. The molecule has 2 N–H and O–H groups in total. The molecule has 8 heteroatoms. The first-order valence-electron chi connectivity index (χ1n) is 8.89. The van der Waals surface area contributed by atoms with E-state index in [0.717, 1.165) is 61.2 Å². The summed E-state index contributed by atoms with van der Waals surface area (Å²) in [5.74, 6) is 0.927. The molecule has 2 aliphatic heterocycles. The molecule has 0 aliphatic carbocycles. The van der Waals surface area contributed by atoms with Crippen LogP contribution in [-0.2, 0) is 23.2 Å². The molecule has 4 rings (SSSR count). The second-order valence-corrected chi connectivity index (χ2v) is 8.30. The summed E-state index contributed by atoms with van der Waals surface area (Å²) in [5.41, 5.74) is 7.66. The molecule has 0 saturated carbocycles. The van der Waals surface area contributed by atoms with Gasteiger partial charge in [0.25, 0.3) is 0 Å². The average Bonchev–Trinajstić information content (AvgIpc) is 3.04. The van der Waals surface area contributed by atoms with Crippen molar-refractivity contribution < 1.29 is 4.74 Å². The van der Waals surface area contributed by atoms with Crippen molar-refractivity contribution in [2.24, 2.45) is 5.92 Å².